The molecule has 6 heteroatoms. The van der Waals surface area contributed by atoms with Crippen molar-refractivity contribution >= 4 is 23.4 Å². The van der Waals surface area contributed by atoms with Gasteiger partial charge in [-0.05, 0) is 53.4 Å². The normalized spacial score (nSPS) is 28.1. The van der Waals surface area contributed by atoms with Crippen LogP contribution >= 0.6 is 0 Å². The van der Waals surface area contributed by atoms with Gasteiger partial charge in [0.25, 0.3) is 5.91 Å². The van der Waals surface area contributed by atoms with Gasteiger partial charge in [-0.25, -0.2) is 4.90 Å². The molecule has 2 aliphatic heterocycles. The number of hydrogen-bond donors (Lipinski definition) is 0. The number of carbonyl (C=O) groups excluding carboxylic acids is 3. The summed E-state index contributed by atoms with van der Waals surface area (Å²) in [6, 6.07) is 23.4. The number of morpholine rings is 1. The van der Waals surface area contributed by atoms with E-state index in [1.807, 2.05) is 31.2 Å². The first kappa shape index (κ1) is 21.5. The number of carbonyl (C=O) groups is 3. The Morgan fingerprint density at radius 2 is 1.39 bits per heavy atom. The average molecular weight is 479 g/mol. The molecule has 3 amide bonds. The van der Waals surface area contributed by atoms with Crippen LogP contribution in [-0.2, 0) is 14.3 Å². The third kappa shape index (κ3) is 2.68. The molecular weight excluding hydrogens is 452 g/mol. The van der Waals surface area contributed by atoms with Crippen molar-refractivity contribution in [2.24, 2.45) is 11.3 Å². The monoisotopic (exact) mass is 478 g/mol. The molecule has 180 valence electrons. The fraction of sp³-hybridized carbons (Fsp3) is 0.300. The van der Waals surface area contributed by atoms with Gasteiger partial charge in [-0.1, -0.05) is 48.5 Å². The van der Waals surface area contributed by atoms with Crippen LogP contribution in [0.25, 0.3) is 0 Å². The maximum atomic E-state index is 14.2. The van der Waals surface area contributed by atoms with Crippen LogP contribution in [0.15, 0.2) is 72.8 Å². The van der Waals surface area contributed by atoms with Gasteiger partial charge in [-0.2, -0.15) is 0 Å². The lowest BCUT2D eigenvalue weighted by molar-refractivity contribution is -0.128. The summed E-state index contributed by atoms with van der Waals surface area (Å²) in [7, 11) is 0. The van der Waals surface area contributed by atoms with Crippen molar-refractivity contribution in [3.05, 3.63) is 101 Å². The molecular formula is C30H26N2O4. The van der Waals surface area contributed by atoms with Crippen LogP contribution in [0.5, 0.6) is 0 Å². The summed E-state index contributed by atoms with van der Waals surface area (Å²) in [6.07, 6.45) is 0. The van der Waals surface area contributed by atoms with Crippen LogP contribution in [0.4, 0.5) is 5.69 Å². The number of rotatable bonds is 2. The molecule has 0 radical (unpaired) electrons. The van der Waals surface area contributed by atoms with Gasteiger partial charge in [0, 0.05) is 30.5 Å². The minimum Gasteiger partial charge on any atom is -0.378 e. The highest BCUT2D eigenvalue weighted by molar-refractivity contribution is 6.25. The van der Waals surface area contributed by atoms with E-state index >= 15 is 0 Å². The quantitative estimate of drug-likeness (QED) is 0.524. The number of amides is 3. The van der Waals surface area contributed by atoms with Gasteiger partial charge in [0.05, 0.1) is 30.2 Å². The summed E-state index contributed by atoms with van der Waals surface area (Å²) in [5, 5.41) is 0. The second kappa shape index (κ2) is 7.61. The molecule has 0 saturated carbocycles. The van der Waals surface area contributed by atoms with Crippen LogP contribution in [-0.4, -0.2) is 48.9 Å². The van der Waals surface area contributed by atoms with E-state index in [4.69, 9.17) is 4.74 Å². The van der Waals surface area contributed by atoms with E-state index in [0.29, 0.717) is 37.6 Å². The van der Waals surface area contributed by atoms with Gasteiger partial charge in [0.2, 0.25) is 11.8 Å². The molecule has 8 rings (SSSR count). The van der Waals surface area contributed by atoms with E-state index in [0.717, 1.165) is 22.3 Å². The molecule has 0 N–H and O–H groups in total. The molecule has 6 nitrogen and oxygen atoms in total. The highest BCUT2D eigenvalue weighted by Crippen LogP contribution is 2.67. The van der Waals surface area contributed by atoms with Gasteiger partial charge in [-0.15, -0.1) is 0 Å². The van der Waals surface area contributed by atoms with E-state index in [1.54, 1.807) is 29.2 Å². The molecule has 2 bridgehead atoms. The molecule has 2 atom stereocenters. The van der Waals surface area contributed by atoms with Gasteiger partial charge >= 0.3 is 0 Å². The molecule has 3 aliphatic carbocycles. The standard InChI is InChI=1S/C30H26N2O4/c1-30-25-22-8-4-2-6-20(22)24(21-7-3-5-9-23(21)25)26(30)28(34)32(29(30)35)19-12-10-18(11-13-19)27(33)31-14-16-36-17-15-31/h2-13,24-26H,14-17H2,1H3/t24?,25?,26-,30+/m0/s1. The lowest BCUT2D eigenvalue weighted by atomic mass is 9.48. The molecule has 3 aromatic rings. The average Bonchev–Trinajstić information content (AvgIpc) is 3.14. The first-order valence-electron chi connectivity index (χ1n) is 12.5. The zero-order valence-corrected chi connectivity index (χ0v) is 20.0. The molecule has 36 heavy (non-hydrogen) atoms. The molecule has 0 aromatic heterocycles. The summed E-state index contributed by atoms with van der Waals surface area (Å²) in [5.41, 5.74) is 4.79. The third-order valence-electron chi connectivity index (χ3n) is 8.68. The SMILES string of the molecule is C[C@]12C(=O)N(c3ccc(C(=O)N4CCOCC4)cc3)C(=O)[C@@H]1C1c3ccccc3C2c2ccccc21. The van der Waals surface area contributed by atoms with Crippen LogP contribution in [0, 0.1) is 11.3 Å². The molecule has 2 heterocycles. The highest BCUT2D eigenvalue weighted by atomic mass is 16.5. The Morgan fingerprint density at radius 3 is 1.97 bits per heavy atom. The second-order valence-corrected chi connectivity index (χ2v) is 10.4. The number of imide groups is 1. The number of nitrogens with zero attached hydrogens (tertiary/aromatic N) is 2. The fourth-order valence-corrected chi connectivity index (χ4v) is 7.06. The van der Waals surface area contributed by atoms with Gasteiger partial charge < -0.3 is 9.64 Å². The van der Waals surface area contributed by atoms with E-state index in [1.165, 1.54) is 4.90 Å². The number of ether oxygens (including phenoxy) is 1. The Labute approximate surface area is 209 Å². The summed E-state index contributed by atoms with van der Waals surface area (Å²) < 4.78 is 5.35. The van der Waals surface area contributed by atoms with Gasteiger partial charge in [-0.3, -0.25) is 14.4 Å². The topological polar surface area (TPSA) is 66.9 Å². The van der Waals surface area contributed by atoms with Crippen molar-refractivity contribution in [2.75, 3.05) is 31.2 Å². The Balaban J connectivity index is 1.29. The lowest BCUT2D eigenvalue weighted by Crippen LogP contribution is -2.49. The maximum Gasteiger partial charge on any atom is 0.254 e. The first-order valence-corrected chi connectivity index (χ1v) is 12.5. The summed E-state index contributed by atoms with van der Waals surface area (Å²) >= 11 is 0. The molecule has 3 aromatic carbocycles. The summed E-state index contributed by atoms with van der Waals surface area (Å²) in [4.78, 5) is 44.2. The second-order valence-electron chi connectivity index (χ2n) is 10.4. The Morgan fingerprint density at radius 1 is 0.833 bits per heavy atom. The first-order chi connectivity index (χ1) is 17.5. The van der Waals surface area contributed by atoms with Crippen LogP contribution in [0.3, 0.4) is 0 Å². The molecule has 0 spiro atoms. The third-order valence-corrected chi connectivity index (χ3v) is 8.68. The Kier molecular flexibility index (Phi) is 4.55. The lowest BCUT2D eigenvalue weighted by Gasteiger charge is -2.51. The van der Waals surface area contributed by atoms with Crippen molar-refractivity contribution in [3.8, 4) is 0 Å². The maximum absolute atomic E-state index is 14.2. The zero-order chi connectivity index (χ0) is 24.6. The zero-order valence-electron chi connectivity index (χ0n) is 20.0. The predicted octanol–water partition coefficient (Wildman–Crippen LogP) is 3.95. The van der Waals surface area contributed by atoms with E-state index in [2.05, 4.69) is 24.3 Å². The predicted molar refractivity (Wildman–Crippen MR) is 134 cm³/mol. The van der Waals surface area contributed by atoms with Crippen LogP contribution in [0.1, 0.15) is 51.4 Å². The minimum absolute atomic E-state index is 0.0616. The van der Waals surface area contributed by atoms with Crippen molar-refractivity contribution in [1.29, 1.82) is 0 Å². The Hall–Kier alpha value is -3.77. The number of hydrogen-bond acceptors (Lipinski definition) is 4. The van der Waals surface area contributed by atoms with Crippen molar-refractivity contribution in [1.82, 2.24) is 4.90 Å². The summed E-state index contributed by atoms with van der Waals surface area (Å²) in [6.45, 7) is 4.17. The van der Waals surface area contributed by atoms with Crippen molar-refractivity contribution in [3.63, 3.8) is 0 Å². The fourth-order valence-electron chi connectivity index (χ4n) is 7.06. The summed E-state index contributed by atoms with van der Waals surface area (Å²) in [5.74, 6) is -1.18. The largest absolute Gasteiger partial charge is 0.378 e. The molecule has 2 fully saturated rings. The van der Waals surface area contributed by atoms with Crippen molar-refractivity contribution < 1.29 is 19.1 Å². The van der Waals surface area contributed by atoms with Gasteiger partial charge in [0.15, 0.2) is 0 Å². The highest BCUT2D eigenvalue weighted by Gasteiger charge is 2.68. The van der Waals surface area contributed by atoms with E-state index in [-0.39, 0.29) is 29.6 Å². The van der Waals surface area contributed by atoms with Crippen molar-refractivity contribution in [2.45, 2.75) is 18.8 Å². The number of anilines is 1. The molecule has 0 unspecified atom stereocenters. The van der Waals surface area contributed by atoms with E-state index < -0.39 is 11.3 Å². The molecule has 5 aliphatic rings. The minimum atomic E-state index is -0.868. The van der Waals surface area contributed by atoms with Crippen LogP contribution in [0.2, 0.25) is 0 Å². The number of benzene rings is 3. The molecule has 2 saturated heterocycles. The van der Waals surface area contributed by atoms with Crippen LogP contribution < -0.4 is 4.90 Å². The smallest absolute Gasteiger partial charge is 0.254 e. The Bertz CT molecular complexity index is 1380. The van der Waals surface area contributed by atoms with Gasteiger partial charge in [0.1, 0.15) is 0 Å². The van der Waals surface area contributed by atoms with E-state index in [9.17, 15) is 14.4 Å².